The molecule has 1 saturated heterocycles. The summed E-state index contributed by atoms with van der Waals surface area (Å²) in [5.41, 5.74) is 3.04. The van der Waals surface area contributed by atoms with Gasteiger partial charge in [-0.3, -0.25) is 14.5 Å². The van der Waals surface area contributed by atoms with Crippen molar-refractivity contribution in [2.45, 2.75) is 26.3 Å². The fourth-order valence-corrected chi connectivity index (χ4v) is 4.52. The molecule has 3 aromatic rings. The number of amides is 2. The summed E-state index contributed by atoms with van der Waals surface area (Å²) in [6.45, 7) is 5.47. The average molecular weight is 484 g/mol. The first-order valence-electron chi connectivity index (χ1n) is 10.9. The van der Waals surface area contributed by atoms with E-state index in [1.165, 1.54) is 5.56 Å². The molecule has 0 bridgehead atoms. The van der Waals surface area contributed by atoms with Crippen molar-refractivity contribution in [1.29, 1.82) is 0 Å². The van der Waals surface area contributed by atoms with E-state index in [9.17, 15) is 9.59 Å². The Labute approximate surface area is 202 Å². The number of hydrogen-bond acceptors (Lipinski definition) is 6. The van der Waals surface area contributed by atoms with E-state index in [1.807, 2.05) is 43.3 Å². The van der Waals surface area contributed by atoms with Crippen LogP contribution in [0.15, 0.2) is 48.5 Å². The number of aryl methyl sites for hydroxylation is 1. The second-order valence-corrected chi connectivity index (χ2v) is 9.70. The molecule has 0 radical (unpaired) electrons. The Morgan fingerprint density at radius 3 is 2.30 bits per heavy atom. The molecule has 1 aliphatic rings. The van der Waals surface area contributed by atoms with Gasteiger partial charge in [-0.2, -0.15) is 0 Å². The minimum absolute atomic E-state index is 0.163. The predicted octanol–water partition coefficient (Wildman–Crippen LogP) is 4.39. The third kappa shape index (κ3) is 6.60. The van der Waals surface area contributed by atoms with Crippen LogP contribution in [-0.2, 0) is 6.54 Å². The van der Waals surface area contributed by atoms with Crippen LogP contribution in [0.2, 0.25) is 5.02 Å². The van der Waals surface area contributed by atoms with Crippen molar-refractivity contribution in [3.05, 3.63) is 74.7 Å². The smallest absolute Gasteiger partial charge is 0.286 e. The Kier molecular flexibility index (Phi) is 7.69. The molecule has 2 aromatic carbocycles. The van der Waals surface area contributed by atoms with E-state index in [-0.39, 0.29) is 21.8 Å². The molecule has 7 nitrogen and oxygen atoms in total. The van der Waals surface area contributed by atoms with Gasteiger partial charge in [0.1, 0.15) is 0 Å². The monoisotopic (exact) mass is 483 g/mol. The number of likely N-dealkylation sites (tertiary alicyclic amines) is 1. The highest BCUT2D eigenvalue weighted by Gasteiger charge is 2.22. The summed E-state index contributed by atoms with van der Waals surface area (Å²) in [7, 11) is 0. The molecule has 0 spiro atoms. The molecule has 0 saturated carbocycles. The molecule has 0 atom stereocenters. The molecule has 1 aromatic heterocycles. The molecule has 1 fully saturated rings. The highest BCUT2D eigenvalue weighted by atomic mass is 35.5. The second kappa shape index (κ2) is 10.9. The molecule has 2 heterocycles. The SMILES string of the molecule is Cc1ccc(NC(=O)c2nnc(C(=O)NCC3CCN(Cc4ccc(Cl)cc4)CC3)s2)cc1. The van der Waals surface area contributed by atoms with Crippen molar-refractivity contribution >= 4 is 40.4 Å². The van der Waals surface area contributed by atoms with Gasteiger partial charge in [-0.05, 0) is 68.6 Å². The van der Waals surface area contributed by atoms with Gasteiger partial charge in [0.15, 0.2) is 0 Å². The Bertz CT molecular complexity index is 1090. The van der Waals surface area contributed by atoms with Crippen molar-refractivity contribution in [3.63, 3.8) is 0 Å². The first-order chi connectivity index (χ1) is 16.0. The highest BCUT2D eigenvalue weighted by molar-refractivity contribution is 7.15. The predicted molar refractivity (Wildman–Crippen MR) is 131 cm³/mol. The minimum atomic E-state index is -0.372. The topological polar surface area (TPSA) is 87.2 Å². The van der Waals surface area contributed by atoms with Crippen molar-refractivity contribution in [3.8, 4) is 0 Å². The van der Waals surface area contributed by atoms with Crippen molar-refractivity contribution in [1.82, 2.24) is 20.4 Å². The van der Waals surface area contributed by atoms with Gasteiger partial charge in [-0.15, -0.1) is 10.2 Å². The molecular formula is C24H26ClN5O2S. The van der Waals surface area contributed by atoms with Gasteiger partial charge in [0, 0.05) is 23.8 Å². The zero-order valence-corrected chi connectivity index (χ0v) is 20.0. The number of carbonyl (C=O) groups is 2. The van der Waals surface area contributed by atoms with E-state index >= 15 is 0 Å². The van der Waals surface area contributed by atoms with E-state index in [2.05, 4.69) is 37.9 Å². The standard InChI is InChI=1S/C24H26ClN5O2S/c1-16-2-8-20(9-3-16)27-22(32)24-29-28-23(33-24)21(31)26-14-17-10-12-30(13-11-17)15-18-4-6-19(25)7-5-18/h2-9,17H,10-15H2,1H3,(H,26,31)(H,27,32). The number of rotatable bonds is 7. The van der Waals surface area contributed by atoms with Gasteiger partial charge in [-0.1, -0.05) is 52.8 Å². The van der Waals surface area contributed by atoms with Crippen LogP contribution in [0.3, 0.4) is 0 Å². The maximum atomic E-state index is 12.5. The molecule has 0 aliphatic carbocycles. The van der Waals surface area contributed by atoms with Crippen molar-refractivity contribution in [2.24, 2.45) is 5.92 Å². The average Bonchev–Trinajstić information content (AvgIpc) is 3.32. The Morgan fingerprint density at radius 2 is 1.64 bits per heavy atom. The Morgan fingerprint density at radius 1 is 1.00 bits per heavy atom. The van der Waals surface area contributed by atoms with E-state index in [0.717, 1.165) is 54.4 Å². The van der Waals surface area contributed by atoms with Crippen LogP contribution in [0.25, 0.3) is 0 Å². The fourth-order valence-electron chi connectivity index (χ4n) is 3.74. The van der Waals surface area contributed by atoms with Gasteiger partial charge >= 0.3 is 0 Å². The third-order valence-corrected chi connectivity index (χ3v) is 6.87. The lowest BCUT2D eigenvalue weighted by Gasteiger charge is -2.32. The number of halogens is 1. The summed E-state index contributed by atoms with van der Waals surface area (Å²) >= 11 is 6.95. The number of nitrogens with zero attached hydrogens (tertiary/aromatic N) is 3. The maximum absolute atomic E-state index is 12.5. The molecule has 1 aliphatic heterocycles. The molecule has 9 heteroatoms. The number of anilines is 1. The van der Waals surface area contributed by atoms with Crippen LogP contribution in [0, 0.1) is 12.8 Å². The number of carbonyl (C=O) groups excluding carboxylic acids is 2. The zero-order valence-electron chi connectivity index (χ0n) is 18.4. The zero-order chi connectivity index (χ0) is 23.2. The largest absolute Gasteiger partial charge is 0.350 e. The quantitative estimate of drug-likeness (QED) is 0.520. The second-order valence-electron chi connectivity index (χ2n) is 8.29. The van der Waals surface area contributed by atoms with Gasteiger partial charge in [0.2, 0.25) is 10.0 Å². The third-order valence-electron chi connectivity index (χ3n) is 5.70. The van der Waals surface area contributed by atoms with Gasteiger partial charge in [0.25, 0.3) is 11.8 Å². The number of benzene rings is 2. The fraction of sp³-hybridized carbons (Fsp3) is 0.333. The Balaban J connectivity index is 1.21. The normalized spacial score (nSPS) is 14.7. The first-order valence-corrected chi connectivity index (χ1v) is 12.1. The lowest BCUT2D eigenvalue weighted by atomic mass is 9.96. The molecule has 0 unspecified atom stereocenters. The van der Waals surface area contributed by atoms with Crippen LogP contribution in [0.1, 0.15) is 43.6 Å². The van der Waals surface area contributed by atoms with Crippen LogP contribution in [0.5, 0.6) is 0 Å². The van der Waals surface area contributed by atoms with Crippen LogP contribution in [-0.4, -0.2) is 46.5 Å². The summed E-state index contributed by atoms with van der Waals surface area (Å²) < 4.78 is 0. The van der Waals surface area contributed by atoms with Gasteiger partial charge in [0.05, 0.1) is 0 Å². The van der Waals surface area contributed by atoms with Crippen LogP contribution < -0.4 is 10.6 Å². The van der Waals surface area contributed by atoms with E-state index < -0.39 is 0 Å². The van der Waals surface area contributed by atoms with E-state index in [1.54, 1.807) is 0 Å². The first kappa shape index (κ1) is 23.4. The van der Waals surface area contributed by atoms with Gasteiger partial charge < -0.3 is 10.6 Å². The molecule has 33 heavy (non-hydrogen) atoms. The number of piperidine rings is 1. The van der Waals surface area contributed by atoms with Crippen molar-refractivity contribution in [2.75, 3.05) is 25.0 Å². The lowest BCUT2D eigenvalue weighted by molar-refractivity contribution is 0.0933. The summed E-state index contributed by atoms with van der Waals surface area (Å²) in [5, 5.41) is 14.6. The number of aromatic nitrogens is 2. The minimum Gasteiger partial charge on any atom is -0.350 e. The molecule has 2 amide bonds. The van der Waals surface area contributed by atoms with E-state index in [4.69, 9.17) is 11.6 Å². The molecule has 4 rings (SSSR count). The molecule has 172 valence electrons. The van der Waals surface area contributed by atoms with Gasteiger partial charge in [-0.25, -0.2) is 0 Å². The maximum Gasteiger partial charge on any atom is 0.286 e. The van der Waals surface area contributed by atoms with Crippen LogP contribution >= 0.6 is 22.9 Å². The highest BCUT2D eigenvalue weighted by Crippen LogP contribution is 2.20. The van der Waals surface area contributed by atoms with Crippen LogP contribution in [0.4, 0.5) is 5.69 Å². The Hall–Kier alpha value is -2.81. The lowest BCUT2D eigenvalue weighted by Crippen LogP contribution is -2.38. The summed E-state index contributed by atoms with van der Waals surface area (Å²) in [4.78, 5) is 27.3. The summed E-state index contributed by atoms with van der Waals surface area (Å²) in [5.74, 6) is -0.235. The summed E-state index contributed by atoms with van der Waals surface area (Å²) in [6, 6.07) is 15.4. The molecular weight excluding hydrogens is 458 g/mol. The van der Waals surface area contributed by atoms with E-state index in [0.29, 0.717) is 18.2 Å². The number of nitrogens with one attached hydrogen (secondary N) is 2. The summed E-state index contributed by atoms with van der Waals surface area (Å²) in [6.07, 6.45) is 2.04. The van der Waals surface area contributed by atoms with Crippen molar-refractivity contribution < 1.29 is 9.59 Å². The number of hydrogen-bond donors (Lipinski definition) is 2. The molecule has 2 N–H and O–H groups in total.